The number of hydrogen-bond acceptors (Lipinski definition) is 5. The maximum absolute atomic E-state index is 14.1. The molecule has 0 saturated carbocycles. The zero-order chi connectivity index (χ0) is 27.5. The maximum Gasteiger partial charge on any atom is 0.333 e. The number of benzene rings is 2. The van der Waals surface area contributed by atoms with E-state index in [9.17, 15) is 17.1 Å². The Bertz CT molecular complexity index is 2000. The number of aryl methyl sites for hydroxylation is 1. The van der Waals surface area contributed by atoms with Crippen molar-refractivity contribution in [3.05, 3.63) is 70.1 Å². The molecule has 0 atom stereocenters. The lowest BCUT2D eigenvalue weighted by Gasteiger charge is -2.39. The molecule has 0 radical (unpaired) electrons. The van der Waals surface area contributed by atoms with Crippen molar-refractivity contribution in [1.29, 1.82) is 0 Å². The van der Waals surface area contributed by atoms with Gasteiger partial charge in [-0.1, -0.05) is 25.3 Å². The van der Waals surface area contributed by atoms with E-state index in [4.69, 9.17) is 6.42 Å². The SMILES string of the molecule is C#Cc1ccc2c(c1)[nH]c1c2c(=O)c2cc(CCCC)c(-c3cncc(S(=O)(=O)F)c3)cc2n1C1CN(C)C1. The van der Waals surface area contributed by atoms with E-state index in [0.29, 0.717) is 22.8 Å². The molecule has 39 heavy (non-hydrogen) atoms. The van der Waals surface area contributed by atoms with Crippen molar-refractivity contribution in [3.8, 4) is 23.5 Å². The fourth-order valence-corrected chi connectivity index (χ4v) is 6.16. The van der Waals surface area contributed by atoms with Gasteiger partial charge in [0.15, 0.2) is 5.43 Å². The van der Waals surface area contributed by atoms with Crippen LogP contribution in [0.5, 0.6) is 0 Å². The summed E-state index contributed by atoms with van der Waals surface area (Å²) >= 11 is 0. The zero-order valence-electron chi connectivity index (χ0n) is 21.7. The number of nitrogens with one attached hydrogen (secondary N) is 1. The number of likely N-dealkylation sites (tertiary alicyclic amines) is 1. The van der Waals surface area contributed by atoms with Crippen molar-refractivity contribution in [1.82, 2.24) is 19.4 Å². The molecule has 0 spiro atoms. The smallest absolute Gasteiger partial charge is 0.333 e. The molecule has 6 rings (SSSR count). The van der Waals surface area contributed by atoms with Gasteiger partial charge in [-0.25, -0.2) is 0 Å². The van der Waals surface area contributed by atoms with Crippen LogP contribution in [-0.4, -0.2) is 48.0 Å². The molecular weight excluding hydrogens is 515 g/mol. The highest BCUT2D eigenvalue weighted by atomic mass is 32.3. The van der Waals surface area contributed by atoms with Crippen LogP contribution < -0.4 is 5.43 Å². The van der Waals surface area contributed by atoms with E-state index in [1.807, 2.05) is 37.4 Å². The van der Waals surface area contributed by atoms with Gasteiger partial charge in [-0.3, -0.25) is 9.78 Å². The molecule has 0 aliphatic carbocycles. The molecule has 0 bridgehead atoms. The van der Waals surface area contributed by atoms with Gasteiger partial charge in [0.2, 0.25) is 0 Å². The molecule has 3 aromatic heterocycles. The van der Waals surface area contributed by atoms with Crippen molar-refractivity contribution in [2.24, 2.45) is 0 Å². The maximum atomic E-state index is 14.1. The number of unbranched alkanes of at least 4 members (excludes halogenated alkanes) is 1. The summed E-state index contributed by atoms with van der Waals surface area (Å²) < 4.78 is 39.4. The second-order valence-corrected chi connectivity index (χ2v) is 11.7. The highest BCUT2D eigenvalue weighted by Crippen LogP contribution is 2.36. The van der Waals surface area contributed by atoms with Crippen molar-refractivity contribution < 1.29 is 12.3 Å². The number of terminal acetylenes is 1. The van der Waals surface area contributed by atoms with E-state index < -0.39 is 15.1 Å². The van der Waals surface area contributed by atoms with Crippen molar-refractivity contribution in [3.63, 3.8) is 0 Å². The molecule has 9 heteroatoms. The van der Waals surface area contributed by atoms with Gasteiger partial charge in [-0.2, -0.15) is 8.42 Å². The molecular formula is C30H27FN4O3S. The van der Waals surface area contributed by atoms with Crippen LogP contribution in [0.2, 0.25) is 0 Å². The van der Waals surface area contributed by atoms with Crippen molar-refractivity contribution in [2.75, 3.05) is 20.1 Å². The summed E-state index contributed by atoms with van der Waals surface area (Å²) in [7, 11) is -2.88. The lowest BCUT2D eigenvalue weighted by atomic mass is 9.93. The second kappa shape index (κ2) is 9.33. The molecule has 1 fully saturated rings. The van der Waals surface area contributed by atoms with Gasteiger partial charge in [-0.15, -0.1) is 10.3 Å². The van der Waals surface area contributed by atoms with E-state index in [0.717, 1.165) is 70.9 Å². The standard InChI is InChI=1S/C30H27FN4O3S/c1-4-6-7-19-12-25-27(13-24(19)20-11-22(15-32-14-20)39(31,37)38)35(21-16-34(3)17-21)30-28(29(25)36)23-9-8-18(5-2)10-26(23)33-30/h2,8-15,21,33H,4,6-7,16-17H2,1,3H3. The molecule has 1 aliphatic rings. The fourth-order valence-electron chi connectivity index (χ4n) is 5.70. The molecule has 198 valence electrons. The Morgan fingerprint density at radius 2 is 1.95 bits per heavy atom. The molecule has 2 aromatic carbocycles. The van der Waals surface area contributed by atoms with E-state index >= 15 is 0 Å². The molecule has 4 heterocycles. The quantitative estimate of drug-likeness (QED) is 0.236. The highest BCUT2D eigenvalue weighted by Gasteiger charge is 2.29. The zero-order valence-corrected chi connectivity index (χ0v) is 22.5. The molecule has 1 aliphatic heterocycles. The number of halogens is 1. The Hall–Kier alpha value is -4.00. The van der Waals surface area contributed by atoms with Crippen LogP contribution in [0, 0.1) is 12.3 Å². The monoisotopic (exact) mass is 542 g/mol. The predicted molar refractivity (Wildman–Crippen MR) is 152 cm³/mol. The minimum atomic E-state index is -4.93. The third-order valence-corrected chi connectivity index (χ3v) is 8.44. The number of rotatable bonds is 6. The first kappa shape index (κ1) is 25.3. The van der Waals surface area contributed by atoms with E-state index in [2.05, 4.69) is 32.3 Å². The Morgan fingerprint density at radius 1 is 1.15 bits per heavy atom. The summed E-state index contributed by atoms with van der Waals surface area (Å²) in [6.07, 6.45) is 10.7. The minimum Gasteiger partial charge on any atom is -0.340 e. The predicted octanol–water partition coefficient (Wildman–Crippen LogP) is 5.17. The van der Waals surface area contributed by atoms with Gasteiger partial charge in [0, 0.05) is 52.9 Å². The second-order valence-electron chi connectivity index (χ2n) is 10.3. The summed E-state index contributed by atoms with van der Waals surface area (Å²) in [5.41, 5.74) is 5.01. The number of aromatic amines is 1. The summed E-state index contributed by atoms with van der Waals surface area (Å²) in [5.74, 6) is 2.66. The first-order chi connectivity index (χ1) is 18.7. The highest BCUT2D eigenvalue weighted by molar-refractivity contribution is 7.86. The Morgan fingerprint density at radius 3 is 2.64 bits per heavy atom. The van der Waals surface area contributed by atoms with E-state index in [1.54, 1.807) is 0 Å². The van der Waals surface area contributed by atoms with Crippen molar-refractivity contribution in [2.45, 2.75) is 37.1 Å². The summed E-state index contributed by atoms with van der Waals surface area (Å²) in [5, 5.41) is 2.04. The Kier molecular flexibility index (Phi) is 6.05. The molecule has 5 aromatic rings. The lowest BCUT2D eigenvalue weighted by Crippen LogP contribution is -2.45. The van der Waals surface area contributed by atoms with Gasteiger partial charge in [0.1, 0.15) is 10.5 Å². The van der Waals surface area contributed by atoms with Crippen LogP contribution in [0.3, 0.4) is 0 Å². The minimum absolute atomic E-state index is 0.0776. The van der Waals surface area contributed by atoms with Gasteiger partial charge in [-0.05, 0) is 61.3 Å². The number of H-pyrrole nitrogens is 1. The lowest BCUT2D eigenvalue weighted by molar-refractivity contribution is 0.146. The van der Waals surface area contributed by atoms with E-state index in [-0.39, 0.29) is 11.5 Å². The first-order valence-corrected chi connectivity index (χ1v) is 14.3. The number of hydrogen-bond donors (Lipinski definition) is 1. The van der Waals surface area contributed by atoms with Gasteiger partial charge >= 0.3 is 10.2 Å². The van der Waals surface area contributed by atoms with Crippen molar-refractivity contribution >= 4 is 43.1 Å². The number of pyridine rings is 2. The number of fused-ring (bicyclic) bond motifs is 4. The third-order valence-electron chi connectivity index (χ3n) is 7.65. The van der Waals surface area contributed by atoms with Crippen LogP contribution in [0.25, 0.3) is 44.0 Å². The summed E-state index contributed by atoms with van der Waals surface area (Å²) in [4.78, 5) is 23.3. The van der Waals surface area contributed by atoms with Crippen LogP contribution in [0.1, 0.15) is 36.9 Å². The van der Waals surface area contributed by atoms with Gasteiger partial charge in [0.05, 0.1) is 16.9 Å². The summed E-state index contributed by atoms with van der Waals surface area (Å²) in [6, 6.07) is 10.9. The molecule has 1 saturated heterocycles. The number of aromatic nitrogens is 3. The van der Waals surface area contributed by atoms with Crippen LogP contribution in [-0.2, 0) is 16.6 Å². The largest absolute Gasteiger partial charge is 0.340 e. The molecule has 7 nitrogen and oxygen atoms in total. The van der Waals surface area contributed by atoms with Gasteiger partial charge < -0.3 is 14.5 Å². The topological polar surface area (TPSA) is 88.1 Å². The summed E-state index contributed by atoms with van der Waals surface area (Å²) in [6.45, 7) is 3.70. The van der Waals surface area contributed by atoms with Gasteiger partial charge in [0.25, 0.3) is 0 Å². The van der Waals surface area contributed by atoms with Crippen LogP contribution in [0.4, 0.5) is 3.89 Å². The molecule has 0 amide bonds. The molecule has 1 N–H and O–H groups in total. The van der Waals surface area contributed by atoms with Crippen LogP contribution >= 0.6 is 0 Å². The number of likely N-dealkylation sites (N-methyl/N-ethyl adjacent to an activating group) is 1. The third kappa shape index (κ3) is 4.20. The Balaban J connectivity index is 1.72. The normalized spacial score (nSPS) is 14.7. The average Bonchev–Trinajstić information content (AvgIpc) is 3.28. The average molecular weight is 543 g/mol. The number of nitrogens with zero attached hydrogens (tertiary/aromatic N) is 3. The fraction of sp³-hybridized carbons (Fsp3) is 0.267. The molecule has 0 unspecified atom stereocenters. The first-order valence-electron chi connectivity index (χ1n) is 12.9. The van der Waals surface area contributed by atoms with E-state index in [1.165, 1.54) is 12.3 Å². The van der Waals surface area contributed by atoms with Crippen LogP contribution in [0.15, 0.2) is 58.5 Å². The Labute approximate surface area is 225 Å².